The van der Waals surface area contributed by atoms with Gasteiger partial charge in [-0.1, -0.05) is 111 Å². The van der Waals surface area contributed by atoms with Crippen LogP contribution in [0.3, 0.4) is 0 Å². The molecule has 0 bridgehead atoms. The molecule has 10 aromatic rings. The zero-order valence-corrected chi connectivity index (χ0v) is 30.2. The molecule has 0 spiro atoms. The van der Waals surface area contributed by atoms with Crippen molar-refractivity contribution in [3.63, 3.8) is 0 Å². The Balaban J connectivity index is 1.10. The highest BCUT2D eigenvalue weighted by Gasteiger charge is 2.36. The first-order valence-electron chi connectivity index (χ1n) is 18.5. The monoisotopic (exact) mass is 707 g/mol. The van der Waals surface area contributed by atoms with Crippen LogP contribution in [0.15, 0.2) is 169 Å². The minimum Gasteiger partial charge on any atom is -0.443 e. The molecule has 1 aliphatic carbocycles. The van der Waals surface area contributed by atoms with Gasteiger partial charge in [0.2, 0.25) is 0 Å². The second-order valence-corrected chi connectivity index (χ2v) is 14.8. The van der Waals surface area contributed by atoms with Crippen LogP contribution in [0.25, 0.3) is 95.0 Å². The SMILES string of the molecule is CC1(C)c2cc(-c3ccc4c(c3)c3cc(-c5nc(-c6ccccc6)nc(-c6ccccc6)n5)ccc3n4-c3ccccc3)ccc2-c2cc3ncoc3cc21. The Morgan fingerprint density at radius 1 is 0.473 bits per heavy atom. The van der Waals surface area contributed by atoms with Gasteiger partial charge >= 0.3 is 0 Å². The quantitative estimate of drug-likeness (QED) is 0.178. The summed E-state index contributed by atoms with van der Waals surface area (Å²) in [5.74, 6) is 1.92. The maximum Gasteiger partial charge on any atom is 0.181 e. The topological polar surface area (TPSA) is 69.6 Å². The van der Waals surface area contributed by atoms with Crippen molar-refractivity contribution >= 4 is 32.9 Å². The molecular formula is C49H33N5O. The zero-order valence-electron chi connectivity index (χ0n) is 30.2. The van der Waals surface area contributed by atoms with E-state index >= 15 is 0 Å². The smallest absolute Gasteiger partial charge is 0.181 e. The Labute approximate surface area is 317 Å². The standard InChI is InChI=1S/C49H33N5O/c1-49(2)40-26-33(18-21-36(40)37-27-42-45(28-41(37)49)55-29-50-42)32-19-22-43-38(24-32)39-25-34(20-23-44(39)54(43)35-16-10-5-11-17-35)48-52-46(30-12-6-3-7-13-30)51-47(53-48)31-14-8-4-9-15-31/h3-29H,1-2H3. The molecule has 3 heterocycles. The maximum atomic E-state index is 5.70. The van der Waals surface area contributed by atoms with Crippen molar-refractivity contribution in [2.45, 2.75) is 19.3 Å². The van der Waals surface area contributed by atoms with Crippen molar-refractivity contribution in [2.75, 3.05) is 0 Å². The van der Waals surface area contributed by atoms with E-state index in [1.807, 2.05) is 60.7 Å². The van der Waals surface area contributed by atoms with E-state index in [0.717, 1.165) is 60.8 Å². The molecule has 0 aliphatic heterocycles. The summed E-state index contributed by atoms with van der Waals surface area (Å²) >= 11 is 0. The summed E-state index contributed by atoms with van der Waals surface area (Å²) < 4.78 is 8.05. The molecule has 6 heteroatoms. The van der Waals surface area contributed by atoms with E-state index in [4.69, 9.17) is 19.4 Å². The minimum atomic E-state index is -0.189. The molecule has 0 saturated heterocycles. The van der Waals surface area contributed by atoms with Gasteiger partial charge in [-0.05, 0) is 94.0 Å². The lowest BCUT2D eigenvalue weighted by Crippen LogP contribution is -2.15. The van der Waals surface area contributed by atoms with Crippen LogP contribution in [-0.4, -0.2) is 24.5 Å². The van der Waals surface area contributed by atoms with Gasteiger partial charge in [-0.3, -0.25) is 0 Å². The summed E-state index contributed by atoms with van der Waals surface area (Å²) in [6.07, 6.45) is 1.53. The second-order valence-electron chi connectivity index (χ2n) is 14.8. The number of para-hydroxylation sites is 1. The molecule has 0 saturated carbocycles. The van der Waals surface area contributed by atoms with Crippen molar-refractivity contribution in [1.82, 2.24) is 24.5 Å². The number of oxazole rings is 1. The number of benzene rings is 7. The van der Waals surface area contributed by atoms with Crippen molar-refractivity contribution in [1.29, 1.82) is 0 Å². The Kier molecular flexibility index (Phi) is 6.79. The van der Waals surface area contributed by atoms with Gasteiger partial charge in [-0.25, -0.2) is 19.9 Å². The van der Waals surface area contributed by atoms with E-state index < -0.39 is 0 Å². The Hall–Kier alpha value is -7.18. The molecule has 260 valence electrons. The van der Waals surface area contributed by atoms with E-state index in [9.17, 15) is 0 Å². The third-order valence-corrected chi connectivity index (χ3v) is 11.2. The minimum absolute atomic E-state index is 0.189. The first-order chi connectivity index (χ1) is 27.0. The second kappa shape index (κ2) is 11.9. The molecule has 1 aliphatic rings. The molecule has 55 heavy (non-hydrogen) atoms. The van der Waals surface area contributed by atoms with E-state index in [1.54, 1.807) is 0 Å². The highest BCUT2D eigenvalue weighted by atomic mass is 16.3. The Bertz CT molecular complexity index is 3050. The molecule has 0 N–H and O–H groups in total. The van der Waals surface area contributed by atoms with Crippen LogP contribution in [0.5, 0.6) is 0 Å². The van der Waals surface area contributed by atoms with Gasteiger partial charge in [0.25, 0.3) is 0 Å². The summed E-state index contributed by atoms with van der Waals surface area (Å²) in [5.41, 5.74) is 15.1. The molecule has 0 radical (unpaired) electrons. The van der Waals surface area contributed by atoms with E-state index in [2.05, 4.69) is 120 Å². The molecule has 11 rings (SSSR count). The largest absolute Gasteiger partial charge is 0.443 e. The van der Waals surface area contributed by atoms with Gasteiger partial charge in [-0.15, -0.1) is 0 Å². The van der Waals surface area contributed by atoms with Crippen LogP contribution < -0.4 is 0 Å². The van der Waals surface area contributed by atoms with Crippen molar-refractivity contribution in [3.05, 3.63) is 175 Å². The van der Waals surface area contributed by atoms with Crippen LogP contribution in [0.2, 0.25) is 0 Å². The number of aromatic nitrogens is 5. The van der Waals surface area contributed by atoms with E-state index in [-0.39, 0.29) is 5.41 Å². The van der Waals surface area contributed by atoms with E-state index in [0.29, 0.717) is 17.5 Å². The first-order valence-corrected chi connectivity index (χ1v) is 18.5. The van der Waals surface area contributed by atoms with Crippen molar-refractivity contribution in [2.24, 2.45) is 0 Å². The van der Waals surface area contributed by atoms with Crippen molar-refractivity contribution < 1.29 is 4.42 Å². The lowest BCUT2D eigenvalue weighted by atomic mass is 9.81. The summed E-state index contributed by atoms with van der Waals surface area (Å²) in [6.45, 7) is 4.60. The van der Waals surface area contributed by atoms with Gasteiger partial charge in [0.05, 0.1) is 11.0 Å². The van der Waals surface area contributed by atoms with Gasteiger partial charge in [-0.2, -0.15) is 0 Å². The van der Waals surface area contributed by atoms with E-state index in [1.165, 1.54) is 34.2 Å². The molecule has 6 nitrogen and oxygen atoms in total. The first kappa shape index (κ1) is 31.4. The molecule has 0 amide bonds. The zero-order chi connectivity index (χ0) is 36.7. The fourth-order valence-electron chi connectivity index (χ4n) is 8.40. The number of nitrogens with zero attached hydrogens (tertiary/aromatic N) is 5. The molecule has 0 fully saturated rings. The fraction of sp³-hybridized carbons (Fsp3) is 0.0612. The normalized spacial score (nSPS) is 13.1. The molecule has 7 aromatic carbocycles. The predicted octanol–water partition coefficient (Wildman–Crippen LogP) is 12.1. The summed E-state index contributed by atoms with van der Waals surface area (Å²) in [5, 5.41) is 2.29. The van der Waals surface area contributed by atoms with Crippen LogP contribution >= 0.6 is 0 Å². The molecule has 0 unspecified atom stereocenters. The van der Waals surface area contributed by atoms with Crippen LogP contribution in [0.1, 0.15) is 25.0 Å². The van der Waals surface area contributed by atoms with Gasteiger partial charge in [0, 0.05) is 38.6 Å². The molecule has 0 atom stereocenters. The summed E-state index contributed by atoms with van der Waals surface area (Å²) in [6, 6.07) is 55.5. The fourth-order valence-corrected chi connectivity index (χ4v) is 8.40. The Morgan fingerprint density at radius 3 is 1.65 bits per heavy atom. The third-order valence-electron chi connectivity index (χ3n) is 11.2. The highest BCUT2D eigenvalue weighted by Crippen LogP contribution is 2.51. The summed E-state index contributed by atoms with van der Waals surface area (Å²) in [4.78, 5) is 19.5. The number of hydrogen-bond donors (Lipinski definition) is 0. The maximum absolute atomic E-state index is 5.70. The Morgan fingerprint density at radius 2 is 1.00 bits per heavy atom. The lowest BCUT2D eigenvalue weighted by Gasteiger charge is -2.22. The lowest BCUT2D eigenvalue weighted by molar-refractivity contribution is 0.598. The average molecular weight is 708 g/mol. The summed E-state index contributed by atoms with van der Waals surface area (Å²) in [7, 11) is 0. The van der Waals surface area contributed by atoms with Gasteiger partial charge in [0.1, 0.15) is 5.52 Å². The number of fused-ring (bicyclic) bond motifs is 7. The van der Waals surface area contributed by atoms with Crippen LogP contribution in [-0.2, 0) is 5.41 Å². The molecular weight excluding hydrogens is 675 g/mol. The van der Waals surface area contributed by atoms with Crippen molar-refractivity contribution in [3.8, 4) is 62.1 Å². The molecule has 3 aromatic heterocycles. The van der Waals surface area contributed by atoms with Crippen LogP contribution in [0, 0.1) is 0 Å². The number of hydrogen-bond acceptors (Lipinski definition) is 5. The predicted molar refractivity (Wildman–Crippen MR) is 221 cm³/mol. The van der Waals surface area contributed by atoms with Crippen LogP contribution in [0.4, 0.5) is 0 Å². The highest BCUT2D eigenvalue weighted by molar-refractivity contribution is 6.11. The van der Waals surface area contributed by atoms with Gasteiger partial charge in [0.15, 0.2) is 29.4 Å². The van der Waals surface area contributed by atoms with Gasteiger partial charge < -0.3 is 8.98 Å². The third kappa shape index (κ3) is 4.95. The number of rotatable bonds is 5. The average Bonchev–Trinajstić information content (AvgIpc) is 3.91.